The number of nitrogens with two attached hydrogens (primary N) is 1. The van der Waals surface area contributed by atoms with Crippen molar-refractivity contribution in [2.45, 2.75) is 32.9 Å². The van der Waals surface area contributed by atoms with Crippen molar-refractivity contribution in [3.05, 3.63) is 53.5 Å². The molecule has 0 aliphatic rings. The van der Waals surface area contributed by atoms with Crippen molar-refractivity contribution in [1.29, 1.82) is 0 Å². The van der Waals surface area contributed by atoms with Crippen LogP contribution < -0.4 is 10.5 Å². The lowest BCUT2D eigenvalue weighted by Gasteiger charge is -2.21. The molecular formula is C15H19NO2. The van der Waals surface area contributed by atoms with Gasteiger partial charge in [-0.3, -0.25) is 0 Å². The molecule has 0 fully saturated rings. The minimum absolute atomic E-state index is 0.141. The Morgan fingerprint density at radius 2 is 1.94 bits per heavy atom. The normalized spacial score (nSPS) is 14.2. The van der Waals surface area contributed by atoms with Crippen LogP contribution in [-0.4, -0.2) is 6.04 Å². The van der Waals surface area contributed by atoms with E-state index < -0.39 is 0 Å². The third-order valence-electron chi connectivity index (χ3n) is 3.04. The molecule has 0 spiro atoms. The lowest BCUT2D eigenvalue weighted by molar-refractivity contribution is 0.153. The first kappa shape index (κ1) is 12.7. The fourth-order valence-electron chi connectivity index (χ4n) is 1.81. The quantitative estimate of drug-likeness (QED) is 0.898. The van der Waals surface area contributed by atoms with Crippen LogP contribution in [0, 0.1) is 13.8 Å². The molecule has 2 unspecified atom stereocenters. The van der Waals surface area contributed by atoms with Crippen molar-refractivity contribution < 1.29 is 9.15 Å². The molecule has 18 heavy (non-hydrogen) atoms. The van der Waals surface area contributed by atoms with E-state index in [1.807, 2.05) is 37.3 Å². The van der Waals surface area contributed by atoms with Gasteiger partial charge in [0.25, 0.3) is 0 Å². The van der Waals surface area contributed by atoms with Gasteiger partial charge in [-0.15, -0.1) is 0 Å². The predicted molar refractivity (Wildman–Crippen MR) is 71.6 cm³/mol. The summed E-state index contributed by atoms with van der Waals surface area (Å²) >= 11 is 0. The number of hydrogen-bond donors (Lipinski definition) is 1. The molecule has 2 aromatic rings. The maximum Gasteiger partial charge on any atom is 0.171 e. The van der Waals surface area contributed by atoms with Gasteiger partial charge in [0.1, 0.15) is 11.5 Å². The van der Waals surface area contributed by atoms with Crippen molar-refractivity contribution in [3.63, 3.8) is 0 Å². The summed E-state index contributed by atoms with van der Waals surface area (Å²) in [5, 5.41) is 0. The number of benzene rings is 1. The Hall–Kier alpha value is -1.74. The van der Waals surface area contributed by atoms with Gasteiger partial charge in [0.2, 0.25) is 0 Å². The molecule has 1 aromatic heterocycles. The van der Waals surface area contributed by atoms with E-state index in [2.05, 4.69) is 13.8 Å². The number of rotatable bonds is 4. The highest BCUT2D eigenvalue weighted by Gasteiger charge is 2.21. The lowest BCUT2D eigenvalue weighted by Crippen LogP contribution is -2.28. The Bertz CT molecular complexity index is 503. The van der Waals surface area contributed by atoms with Crippen LogP contribution in [0.5, 0.6) is 5.75 Å². The van der Waals surface area contributed by atoms with Crippen LogP contribution in [-0.2, 0) is 0 Å². The first-order chi connectivity index (χ1) is 8.58. The Labute approximate surface area is 108 Å². The maximum atomic E-state index is 5.96. The van der Waals surface area contributed by atoms with Crippen LogP contribution in [0.3, 0.4) is 0 Å². The van der Waals surface area contributed by atoms with Gasteiger partial charge >= 0.3 is 0 Å². The third-order valence-corrected chi connectivity index (χ3v) is 3.04. The van der Waals surface area contributed by atoms with Crippen LogP contribution in [0.25, 0.3) is 0 Å². The molecule has 0 radical (unpaired) electrons. The molecular weight excluding hydrogens is 226 g/mol. The van der Waals surface area contributed by atoms with E-state index in [9.17, 15) is 0 Å². The SMILES string of the molecule is Cc1ccc(OC(c2ccco2)C(C)N)cc1C. The zero-order valence-electron chi connectivity index (χ0n) is 11.0. The van der Waals surface area contributed by atoms with E-state index in [-0.39, 0.29) is 12.1 Å². The molecule has 1 aromatic carbocycles. The summed E-state index contributed by atoms with van der Waals surface area (Å²) < 4.78 is 11.3. The van der Waals surface area contributed by atoms with Crippen LogP contribution in [0.2, 0.25) is 0 Å². The molecule has 3 nitrogen and oxygen atoms in total. The van der Waals surface area contributed by atoms with Crippen LogP contribution in [0.1, 0.15) is 29.9 Å². The Kier molecular flexibility index (Phi) is 3.72. The van der Waals surface area contributed by atoms with E-state index in [1.54, 1.807) is 6.26 Å². The van der Waals surface area contributed by atoms with Gasteiger partial charge < -0.3 is 14.9 Å². The molecule has 0 bridgehead atoms. The minimum atomic E-state index is -0.262. The van der Waals surface area contributed by atoms with Gasteiger partial charge in [-0.2, -0.15) is 0 Å². The maximum absolute atomic E-state index is 5.96. The van der Waals surface area contributed by atoms with E-state index in [1.165, 1.54) is 11.1 Å². The summed E-state index contributed by atoms with van der Waals surface area (Å²) in [7, 11) is 0. The fourth-order valence-corrected chi connectivity index (χ4v) is 1.81. The average molecular weight is 245 g/mol. The van der Waals surface area contributed by atoms with Gasteiger partial charge in [-0.05, 0) is 56.2 Å². The summed E-state index contributed by atoms with van der Waals surface area (Å²) in [5.74, 6) is 1.57. The molecule has 0 aliphatic heterocycles. The Balaban J connectivity index is 2.21. The summed E-state index contributed by atoms with van der Waals surface area (Å²) in [4.78, 5) is 0. The highest BCUT2D eigenvalue weighted by atomic mass is 16.5. The average Bonchev–Trinajstić information content (AvgIpc) is 2.83. The Morgan fingerprint density at radius 1 is 1.17 bits per heavy atom. The van der Waals surface area contributed by atoms with Gasteiger partial charge in [0, 0.05) is 6.04 Å². The predicted octanol–water partition coefficient (Wildman–Crippen LogP) is 3.36. The molecule has 2 N–H and O–H groups in total. The number of aryl methyl sites for hydroxylation is 2. The highest BCUT2D eigenvalue weighted by molar-refractivity contribution is 5.34. The number of ether oxygens (including phenoxy) is 1. The van der Waals surface area contributed by atoms with Crippen LogP contribution in [0.4, 0.5) is 0 Å². The van der Waals surface area contributed by atoms with Gasteiger partial charge in [-0.25, -0.2) is 0 Å². The van der Waals surface area contributed by atoms with E-state index in [0.717, 1.165) is 11.5 Å². The zero-order chi connectivity index (χ0) is 13.1. The van der Waals surface area contributed by atoms with Gasteiger partial charge in [-0.1, -0.05) is 6.07 Å². The standard InChI is InChI=1S/C15H19NO2/c1-10-6-7-13(9-11(10)2)18-15(12(3)16)14-5-4-8-17-14/h4-9,12,15H,16H2,1-3H3. The van der Waals surface area contributed by atoms with Crippen LogP contribution >= 0.6 is 0 Å². The first-order valence-electron chi connectivity index (χ1n) is 6.11. The number of hydrogen-bond acceptors (Lipinski definition) is 3. The molecule has 96 valence electrons. The molecule has 2 rings (SSSR count). The van der Waals surface area contributed by atoms with Crippen molar-refractivity contribution >= 4 is 0 Å². The summed E-state index contributed by atoms with van der Waals surface area (Å²) in [5.41, 5.74) is 8.41. The molecule has 3 heteroatoms. The summed E-state index contributed by atoms with van der Waals surface area (Å²) in [6, 6.07) is 9.61. The molecule has 2 atom stereocenters. The topological polar surface area (TPSA) is 48.4 Å². The highest BCUT2D eigenvalue weighted by Crippen LogP contribution is 2.26. The Morgan fingerprint density at radius 3 is 2.50 bits per heavy atom. The first-order valence-corrected chi connectivity index (χ1v) is 6.11. The fraction of sp³-hybridized carbons (Fsp3) is 0.333. The van der Waals surface area contributed by atoms with E-state index in [0.29, 0.717) is 0 Å². The zero-order valence-corrected chi connectivity index (χ0v) is 11.0. The molecule has 0 saturated heterocycles. The van der Waals surface area contributed by atoms with Gasteiger partial charge in [0.15, 0.2) is 6.10 Å². The lowest BCUT2D eigenvalue weighted by atomic mass is 10.1. The second-order valence-corrected chi connectivity index (χ2v) is 4.66. The smallest absolute Gasteiger partial charge is 0.171 e. The largest absolute Gasteiger partial charge is 0.481 e. The molecule has 0 aliphatic carbocycles. The van der Waals surface area contributed by atoms with Crippen molar-refractivity contribution in [2.24, 2.45) is 5.73 Å². The summed E-state index contributed by atoms with van der Waals surface area (Å²) in [6.45, 7) is 6.05. The monoisotopic (exact) mass is 245 g/mol. The molecule has 0 saturated carbocycles. The second-order valence-electron chi connectivity index (χ2n) is 4.66. The third kappa shape index (κ3) is 2.74. The summed E-state index contributed by atoms with van der Waals surface area (Å²) in [6.07, 6.45) is 1.37. The van der Waals surface area contributed by atoms with Crippen LogP contribution in [0.15, 0.2) is 41.0 Å². The van der Waals surface area contributed by atoms with E-state index in [4.69, 9.17) is 14.9 Å². The van der Waals surface area contributed by atoms with Crippen molar-refractivity contribution in [3.8, 4) is 5.75 Å². The molecule has 0 amide bonds. The van der Waals surface area contributed by atoms with E-state index >= 15 is 0 Å². The molecule has 1 heterocycles. The second kappa shape index (κ2) is 5.27. The number of furan rings is 1. The minimum Gasteiger partial charge on any atom is -0.481 e. The van der Waals surface area contributed by atoms with Crippen molar-refractivity contribution in [1.82, 2.24) is 0 Å². The van der Waals surface area contributed by atoms with Gasteiger partial charge in [0.05, 0.1) is 6.26 Å². The van der Waals surface area contributed by atoms with Crippen molar-refractivity contribution in [2.75, 3.05) is 0 Å².